The van der Waals surface area contributed by atoms with E-state index in [1.54, 1.807) is 30.2 Å². The van der Waals surface area contributed by atoms with Crippen LogP contribution in [-0.2, 0) is 9.59 Å². The lowest BCUT2D eigenvalue weighted by Crippen LogP contribution is -2.40. The van der Waals surface area contributed by atoms with Crippen molar-refractivity contribution in [1.82, 2.24) is 4.90 Å². The standard InChI is InChI=1S/C26H28ClNO6/c1-32-17-11-7-8-15(12-17)23-22(25(30)26(31)28(23)16-9-5-4-6-10-16)24(29)18-13-21(34-3)19(27)14-20(18)33-2/h7-8,11-14,16,23,29H,4-6,9-10H2,1-3H3/b24-22+. The highest BCUT2D eigenvalue weighted by molar-refractivity contribution is 6.46. The number of ketones is 1. The second-order valence-corrected chi connectivity index (χ2v) is 8.87. The van der Waals surface area contributed by atoms with Crippen LogP contribution in [-0.4, -0.2) is 49.1 Å². The minimum Gasteiger partial charge on any atom is -0.507 e. The number of aliphatic hydroxyl groups excluding tert-OH is 1. The molecule has 2 aromatic carbocycles. The number of hydrogen-bond donors (Lipinski definition) is 1. The first-order valence-electron chi connectivity index (χ1n) is 11.3. The fraction of sp³-hybridized carbons (Fsp3) is 0.385. The number of aliphatic hydroxyl groups is 1. The number of rotatable bonds is 6. The van der Waals surface area contributed by atoms with E-state index in [9.17, 15) is 14.7 Å². The maximum atomic E-state index is 13.4. The third-order valence-corrected chi connectivity index (χ3v) is 6.88. The van der Waals surface area contributed by atoms with Gasteiger partial charge in [0.25, 0.3) is 11.7 Å². The first-order chi connectivity index (χ1) is 16.4. The lowest BCUT2D eigenvalue weighted by molar-refractivity contribution is -0.141. The van der Waals surface area contributed by atoms with Crippen LogP contribution in [0.1, 0.15) is 49.3 Å². The average molecular weight is 486 g/mol. The number of nitrogens with zero attached hydrogens (tertiary/aromatic N) is 1. The zero-order valence-electron chi connectivity index (χ0n) is 19.5. The maximum absolute atomic E-state index is 13.4. The molecule has 4 rings (SSSR count). The summed E-state index contributed by atoms with van der Waals surface area (Å²) in [4.78, 5) is 28.4. The van der Waals surface area contributed by atoms with Crippen molar-refractivity contribution in [2.75, 3.05) is 21.3 Å². The molecule has 7 nitrogen and oxygen atoms in total. The van der Waals surface area contributed by atoms with E-state index in [1.165, 1.54) is 26.4 Å². The van der Waals surface area contributed by atoms with Gasteiger partial charge in [0.05, 0.1) is 43.5 Å². The van der Waals surface area contributed by atoms with Gasteiger partial charge in [-0.05, 0) is 36.6 Å². The van der Waals surface area contributed by atoms with Crippen LogP contribution in [0.2, 0.25) is 5.02 Å². The fourth-order valence-electron chi connectivity index (χ4n) is 4.92. The molecule has 1 atom stereocenters. The zero-order chi connectivity index (χ0) is 24.4. The first kappa shape index (κ1) is 24.0. The summed E-state index contributed by atoms with van der Waals surface area (Å²) in [5, 5.41) is 11.8. The SMILES string of the molecule is COc1cccc(C2/C(=C(\O)c3cc(OC)c(Cl)cc3OC)C(=O)C(=O)N2C2CCCCC2)c1. The molecule has 0 bridgehead atoms. The van der Waals surface area contributed by atoms with Gasteiger partial charge in [0.1, 0.15) is 23.0 Å². The number of methoxy groups -OCH3 is 3. The number of likely N-dealkylation sites (tertiary alicyclic amines) is 1. The third-order valence-electron chi connectivity index (χ3n) is 6.59. The molecular formula is C26H28ClNO6. The summed E-state index contributed by atoms with van der Waals surface area (Å²) in [6.07, 6.45) is 4.70. The van der Waals surface area contributed by atoms with Crippen LogP contribution in [0.25, 0.3) is 5.76 Å². The second-order valence-electron chi connectivity index (χ2n) is 8.46. The Hall–Kier alpha value is -3.19. The van der Waals surface area contributed by atoms with Crippen molar-refractivity contribution in [2.24, 2.45) is 0 Å². The summed E-state index contributed by atoms with van der Waals surface area (Å²) < 4.78 is 16.1. The molecule has 0 radical (unpaired) electrons. The third kappa shape index (κ3) is 4.20. The molecule has 180 valence electrons. The monoisotopic (exact) mass is 485 g/mol. The Kier molecular flexibility index (Phi) is 7.03. The molecule has 1 saturated heterocycles. The summed E-state index contributed by atoms with van der Waals surface area (Å²) in [7, 11) is 4.45. The topological polar surface area (TPSA) is 85.3 Å². The van der Waals surface area contributed by atoms with Crippen LogP contribution in [0.15, 0.2) is 42.0 Å². The predicted molar refractivity (Wildman–Crippen MR) is 129 cm³/mol. The minimum absolute atomic E-state index is 0.00602. The van der Waals surface area contributed by atoms with Gasteiger partial charge in [-0.2, -0.15) is 0 Å². The molecule has 0 aromatic heterocycles. The molecule has 1 aliphatic heterocycles. The summed E-state index contributed by atoms with van der Waals surface area (Å²) in [5.41, 5.74) is 0.912. The number of ether oxygens (including phenoxy) is 3. The van der Waals surface area contributed by atoms with Crippen LogP contribution in [0.4, 0.5) is 0 Å². The van der Waals surface area contributed by atoms with E-state index in [1.807, 2.05) is 6.07 Å². The molecule has 1 N–H and O–H groups in total. The second kappa shape index (κ2) is 9.97. The Morgan fingerprint density at radius 2 is 1.68 bits per heavy atom. The van der Waals surface area contributed by atoms with Gasteiger partial charge in [-0.25, -0.2) is 0 Å². The van der Waals surface area contributed by atoms with Crippen molar-refractivity contribution in [3.8, 4) is 17.2 Å². The highest BCUT2D eigenvalue weighted by atomic mass is 35.5. The van der Waals surface area contributed by atoms with Crippen molar-refractivity contribution in [1.29, 1.82) is 0 Å². The number of hydrogen-bond acceptors (Lipinski definition) is 6. The Morgan fingerprint density at radius 3 is 2.32 bits per heavy atom. The van der Waals surface area contributed by atoms with Crippen LogP contribution >= 0.6 is 11.6 Å². The molecule has 1 aliphatic carbocycles. The minimum atomic E-state index is -0.760. The van der Waals surface area contributed by atoms with Crippen LogP contribution in [0, 0.1) is 0 Å². The van der Waals surface area contributed by atoms with E-state index in [0.29, 0.717) is 22.1 Å². The van der Waals surface area contributed by atoms with Crippen molar-refractivity contribution < 1.29 is 28.9 Å². The lowest BCUT2D eigenvalue weighted by Gasteiger charge is -2.35. The van der Waals surface area contributed by atoms with Crippen molar-refractivity contribution in [3.63, 3.8) is 0 Å². The molecule has 2 aromatic rings. The number of amides is 1. The molecule has 34 heavy (non-hydrogen) atoms. The molecule has 2 fully saturated rings. The molecule has 1 saturated carbocycles. The number of benzene rings is 2. The summed E-state index contributed by atoms with van der Waals surface area (Å²) >= 11 is 6.23. The van der Waals surface area contributed by atoms with E-state index in [4.69, 9.17) is 25.8 Å². The molecule has 1 amide bonds. The van der Waals surface area contributed by atoms with Gasteiger partial charge >= 0.3 is 0 Å². The van der Waals surface area contributed by atoms with Crippen LogP contribution in [0.3, 0.4) is 0 Å². The molecule has 1 heterocycles. The lowest BCUT2D eigenvalue weighted by atomic mass is 9.90. The van der Waals surface area contributed by atoms with Crippen molar-refractivity contribution in [2.45, 2.75) is 44.2 Å². The van der Waals surface area contributed by atoms with Gasteiger partial charge in [-0.1, -0.05) is 43.0 Å². The van der Waals surface area contributed by atoms with E-state index in [2.05, 4.69) is 0 Å². The highest BCUT2D eigenvalue weighted by Gasteiger charge is 2.49. The first-order valence-corrected chi connectivity index (χ1v) is 11.6. The largest absolute Gasteiger partial charge is 0.507 e. The van der Waals surface area contributed by atoms with E-state index >= 15 is 0 Å². The van der Waals surface area contributed by atoms with E-state index in [-0.39, 0.29) is 28.7 Å². The van der Waals surface area contributed by atoms with Crippen molar-refractivity contribution in [3.05, 3.63) is 58.1 Å². The maximum Gasteiger partial charge on any atom is 0.295 e. The Balaban J connectivity index is 1.94. The summed E-state index contributed by atoms with van der Waals surface area (Å²) in [5.74, 6) is -0.512. The Bertz CT molecular complexity index is 1140. The quantitative estimate of drug-likeness (QED) is 0.347. The van der Waals surface area contributed by atoms with Crippen LogP contribution in [0.5, 0.6) is 17.2 Å². The number of halogens is 1. The van der Waals surface area contributed by atoms with E-state index < -0.39 is 17.7 Å². The molecule has 2 aliphatic rings. The molecule has 0 spiro atoms. The summed E-state index contributed by atoms with van der Waals surface area (Å²) in [6, 6.07) is 9.39. The van der Waals surface area contributed by atoms with Gasteiger partial charge in [0.15, 0.2) is 0 Å². The Labute approximate surface area is 203 Å². The predicted octanol–water partition coefficient (Wildman–Crippen LogP) is 5.12. The van der Waals surface area contributed by atoms with Gasteiger partial charge in [0, 0.05) is 12.1 Å². The molecule has 1 unspecified atom stereocenters. The van der Waals surface area contributed by atoms with Gasteiger partial charge in [0.2, 0.25) is 0 Å². The highest BCUT2D eigenvalue weighted by Crippen LogP contribution is 2.45. The fourth-order valence-corrected chi connectivity index (χ4v) is 5.15. The Morgan fingerprint density at radius 1 is 0.971 bits per heavy atom. The van der Waals surface area contributed by atoms with E-state index in [0.717, 1.165) is 32.1 Å². The smallest absolute Gasteiger partial charge is 0.295 e. The molecule has 8 heteroatoms. The molecular weight excluding hydrogens is 458 g/mol. The number of carbonyl (C=O) groups is 2. The average Bonchev–Trinajstić information content (AvgIpc) is 3.14. The number of carbonyl (C=O) groups excluding carboxylic acids is 2. The number of Topliss-reactive ketones (excluding diaryl/α,β-unsaturated/α-hetero) is 1. The normalized spacial score (nSPS) is 20.5. The van der Waals surface area contributed by atoms with Crippen LogP contribution < -0.4 is 14.2 Å². The summed E-state index contributed by atoms with van der Waals surface area (Å²) in [6.45, 7) is 0. The zero-order valence-corrected chi connectivity index (χ0v) is 20.2. The van der Waals surface area contributed by atoms with Gasteiger partial charge in [-0.15, -0.1) is 0 Å². The van der Waals surface area contributed by atoms with Gasteiger partial charge < -0.3 is 24.2 Å². The van der Waals surface area contributed by atoms with Crippen molar-refractivity contribution >= 4 is 29.1 Å². The van der Waals surface area contributed by atoms with Gasteiger partial charge in [-0.3, -0.25) is 9.59 Å².